The first-order chi connectivity index (χ1) is 9.56. The summed E-state index contributed by atoms with van der Waals surface area (Å²) in [6, 6.07) is 5.59. The summed E-state index contributed by atoms with van der Waals surface area (Å²) in [6.45, 7) is 3.91. The van der Waals surface area contributed by atoms with Gasteiger partial charge in [0, 0.05) is 0 Å². The lowest BCUT2D eigenvalue weighted by atomic mass is 9.93. The summed E-state index contributed by atoms with van der Waals surface area (Å²) < 4.78 is 23.1. The highest BCUT2D eigenvalue weighted by Gasteiger charge is 2.66. The molecule has 0 spiro atoms. The number of carbonyl (C=O) groups excluding carboxylic acids is 2. The third kappa shape index (κ3) is 2.40. The van der Waals surface area contributed by atoms with Crippen molar-refractivity contribution in [2.75, 3.05) is 13.2 Å². The van der Waals surface area contributed by atoms with Gasteiger partial charge >= 0.3 is 11.9 Å². The van der Waals surface area contributed by atoms with E-state index in [9.17, 15) is 14.0 Å². The number of hydrogen-bond donors (Lipinski definition) is 0. The second kappa shape index (κ2) is 5.61. The van der Waals surface area contributed by atoms with Crippen molar-refractivity contribution in [3.8, 4) is 0 Å². The first-order valence-electron chi connectivity index (χ1n) is 6.66. The molecule has 5 heteroatoms. The summed E-state index contributed by atoms with van der Waals surface area (Å²) in [5.41, 5.74) is -0.425. The molecule has 0 amide bonds. The predicted molar refractivity (Wildman–Crippen MR) is 69.5 cm³/mol. The van der Waals surface area contributed by atoms with Gasteiger partial charge < -0.3 is 9.47 Å². The van der Waals surface area contributed by atoms with Crippen molar-refractivity contribution in [1.82, 2.24) is 0 Å². The maximum absolute atomic E-state index is 13.0. The minimum atomic E-state index is -1.02. The van der Waals surface area contributed by atoms with Crippen LogP contribution in [0.15, 0.2) is 24.3 Å². The van der Waals surface area contributed by atoms with Crippen LogP contribution in [-0.4, -0.2) is 25.2 Å². The van der Waals surface area contributed by atoms with E-state index in [2.05, 4.69) is 0 Å². The molecule has 2 rings (SSSR count). The molecule has 0 bridgehead atoms. The van der Waals surface area contributed by atoms with Crippen LogP contribution in [0.3, 0.4) is 0 Å². The molecule has 1 saturated carbocycles. The lowest BCUT2D eigenvalue weighted by molar-refractivity contribution is -0.152. The molecule has 0 aliphatic heterocycles. The lowest BCUT2D eigenvalue weighted by Gasteiger charge is -2.16. The second-order valence-corrected chi connectivity index (χ2v) is 4.71. The van der Waals surface area contributed by atoms with Crippen LogP contribution >= 0.6 is 0 Å². The van der Waals surface area contributed by atoms with Crippen molar-refractivity contribution in [3.05, 3.63) is 35.6 Å². The van der Waals surface area contributed by atoms with Gasteiger partial charge in [-0.15, -0.1) is 0 Å². The molecule has 0 saturated heterocycles. The average Bonchev–Trinajstić information content (AvgIpc) is 3.17. The number of benzene rings is 1. The highest BCUT2D eigenvalue weighted by atomic mass is 19.1. The molecule has 1 aromatic carbocycles. The molecule has 1 aromatic rings. The number of carbonyl (C=O) groups is 2. The first-order valence-corrected chi connectivity index (χ1v) is 6.66. The second-order valence-electron chi connectivity index (χ2n) is 4.71. The normalized spacial score (nSPS) is 24.1. The molecule has 0 heterocycles. The SMILES string of the molecule is CCOC(=O)[C@@H]1C[C@@]1(C(=O)OCC)c1ccc(F)cc1. The van der Waals surface area contributed by atoms with E-state index in [1.54, 1.807) is 13.8 Å². The van der Waals surface area contributed by atoms with Crippen molar-refractivity contribution in [1.29, 1.82) is 0 Å². The molecule has 0 N–H and O–H groups in total. The Bertz CT molecular complexity index is 511. The van der Waals surface area contributed by atoms with E-state index >= 15 is 0 Å². The Balaban J connectivity index is 2.30. The Morgan fingerprint density at radius 3 is 2.35 bits per heavy atom. The summed E-state index contributed by atoms with van der Waals surface area (Å²) in [7, 11) is 0. The Labute approximate surface area is 116 Å². The molecule has 2 atom stereocenters. The Kier molecular flexibility index (Phi) is 4.06. The molecular formula is C15H17FO4. The third-order valence-electron chi connectivity index (χ3n) is 3.53. The Morgan fingerprint density at radius 2 is 1.80 bits per heavy atom. The zero-order valence-corrected chi connectivity index (χ0v) is 11.5. The third-order valence-corrected chi connectivity index (χ3v) is 3.53. The minimum absolute atomic E-state index is 0.233. The highest BCUT2D eigenvalue weighted by molar-refractivity contribution is 5.96. The molecule has 0 radical (unpaired) electrons. The quantitative estimate of drug-likeness (QED) is 0.776. The Morgan fingerprint density at radius 1 is 1.20 bits per heavy atom. The molecule has 1 aliphatic rings. The summed E-state index contributed by atoms with van der Waals surface area (Å²) in [4.78, 5) is 24.1. The van der Waals surface area contributed by atoms with Gasteiger partial charge in [0.25, 0.3) is 0 Å². The molecule has 0 aromatic heterocycles. The van der Waals surface area contributed by atoms with Crippen LogP contribution in [0.1, 0.15) is 25.8 Å². The van der Waals surface area contributed by atoms with Crippen molar-refractivity contribution in [2.45, 2.75) is 25.7 Å². The van der Waals surface area contributed by atoms with Crippen molar-refractivity contribution in [3.63, 3.8) is 0 Å². The molecular weight excluding hydrogens is 263 g/mol. The smallest absolute Gasteiger partial charge is 0.317 e. The summed E-state index contributed by atoms with van der Waals surface area (Å²) >= 11 is 0. The van der Waals surface area contributed by atoms with E-state index in [-0.39, 0.29) is 19.0 Å². The number of hydrogen-bond acceptors (Lipinski definition) is 4. The van der Waals surface area contributed by atoms with E-state index in [0.717, 1.165) is 0 Å². The van der Waals surface area contributed by atoms with E-state index in [1.165, 1.54) is 24.3 Å². The minimum Gasteiger partial charge on any atom is -0.466 e. The fourth-order valence-electron chi connectivity index (χ4n) is 2.46. The van der Waals surface area contributed by atoms with Crippen LogP contribution in [0.2, 0.25) is 0 Å². The molecule has 0 unspecified atom stereocenters. The van der Waals surface area contributed by atoms with Crippen LogP contribution < -0.4 is 0 Å². The van der Waals surface area contributed by atoms with Crippen LogP contribution in [0.5, 0.6) is 0 Å². The zero-order valence-electron chi connectivity index (χ0n) is 11.5. The summed E-state index contributed by atoms with van der Waals surface area (Å²) in [6.07, 6.45) is 0.344. The maximum atomic E-state index is 13.0. The molecule has 1 fully saturated rings. The lowest BCUT2D eigenvalue weighted by Crippen LogP contribution is -2.28. The summed E-state index contributed by atoms with van der Waals surface area (Å²) in [5, 5.41) is 0. The first kappa shape index (κ1) is 14.5. The van der Waals surface area contributed by atoms with Gasteiger partial charge in [0.05, 0.1) is 19.1 Å². The number of halogens is 1. The Hall–Kier alpha value is -1.91. The zero-order chi connectivity index (χ0) is 14.8. The number of esters is 2. The number of rotatable bonds is 5. The molecule has 108 valence electrons. The van der Waals surface area contributed by atoms with Gasteiger partial charge in [-0.3, -0.25) is 9.59 Å². The van der Waals surface area contributed by atoms with E-state index < -0.39 is 23.3 Å². The summed E-state index contributed by atoms with van der Waals surface area (Å²) in [5.74, 6) is -1.80. The van der Waals surface area contributed by atoms with Gasteiger partial charge in [0.2, 0.25) is 0 Å². The van der Waals surface area contributed by atoms with Gasteiger partial charge in [0.1, 0.15) is 11.2 Å². The fourth-order valence-corrected chi connectivity index (χ4v) is 2.46. The topological polar surface area (TPSA) is 52.6 Å². The van der Waals surface area contributed by atoms with Crippen LogP contribution in [0, 0.1) is 11.7 Å². The van der Waals surface area contributed by atoms with Crippen molar-refractivity contribution < 1.29 is 23.5 Å². The number of ether oxygens (including phenoxy) is 2. The standard InChI is InChI=1S/C15H17FO4/c1-3-19-13(17)12-9-15(12,14(18)20-4-2)10-5-7-11(16)8-6-10/h5-8,12H,3-4,9H2,1-2H3/t12-,15+/m0/s1. The van der Waals surface area contributed by atoms with E-state index in [4.69, 9.17) is 9.47 Å². The van der Waals surface area contributed by atoms with Gasteiger partial charge in [-0.05, 0) is 38.0 Å². The van der Waals surface area contributed by atoms with E-state index in [1.807, 2.05) is 0 Å². The van der Waals surface area contributed by atoms with E-state index in [0.29, 0.717) is 12.0 Å². The maximum Gasteiger partial charge on any atom is 0.317 e. The highest BCUT2D eigenvalue weighted by Crippen LogP contribution is 2.55. The molecule has 4 nitrogen and oxygen atoms in total. The average molecular weight is 280 g/mol. The predicted octanol–water partition coefficient (Wildman–Crippen LogP) is 2.21. The van der Waals surface area contributed by atoms with Crippen LogP contribution in [0.25, 0.3) is 0 Å². The largest absolute Gasteiger partial charge is 0.466 e. The van der Waals surface area contributed by atoms with Gasteiger partial charge in [-0.1, -0.05) is 12.1 Å². The van der Waals surface area contributed by atoms with Crippen molar-refractivity contribution in [2.24, 2.45) is 5.92 Å². The van der Waals surface area contributed by atoms with Gasteiger partial charge in [0.15, 0.2) is 0 Å². The molecule has 1 aliphatic carbocycles. The molecule has 20 heavy (non-hydrogen) atoms. The van der Waals surface area contributed by atoms with Crippen LogP contribution in [-0.2, 0) is 24.5 Å². The van der Waals surface area contributed by atoms with Gasteiger partial charge in [-0.2, -0.15) is 0 Å². The fraction of sp³-hybridized carbons (Fsp3) is 0.467. The van der Waals surface area contributed by atoms with Crippen LogP contribution in [0.4, 0.5) is 4.39 Å². The van der Waals surface area contributed by atoms with Gasteiger partial charge in [-0.25, -0.2) is 4.39 Å². The monoisotopic (exact) mass is 280 g/mol. The van der Waals surface area contributed by atoms with Crippen molar-refractivity contribution >= 4 is 11.9 Å².